The second-order valence-electron chi connectivity index (χ2n) is 3.87. The molecule has 1 aromatic carbocycles. The Kier molecular flexibility index (Phi) is 4.24. The maximum Gasteiger partial charge on any atom is 0.222 e. The van der Waals surface area contributed by atoms with Gasteiger partial charge in [-0.1, -0.05) is 23.2 Å². The predicted octanol–water partition coefficient (Wildman–Crippen LogP) is 4.09. The number of hydrogen-bond acceptors (Lipinski definition) is 3. The Hall–Kier alpha value is -1.78. The molecule has 0 radical (unpaired) electrons. The van der Waals surface area contributed by atoms with Crippen molar-refractivity contribution in [2.45, 2.75) is 6.92 Å². The lowest BCUT2D eigenvalue weighted by molar-refractivity contribution is -0.114. The summed E-state index contributed by atoms with van der Waals surface area (Å²) in [6.45, 7) is 1.43. The van der Waals surface area contributed by atoms with Gasteiger partial charge >= 0.3 is 0 Å². The molecule has 98 valence electrons. The first-order valence-corrected chi connectivity index (χ1v) is 6.26. The van der Waals surface area contributed by atoms with Crippen molar-refractivity contribution >= 4 is 46.3 Å². The smallest absolute Gasteiger partial charge is 0.222 e. The fourth-order valence-electron chi connectivity index (χ4n) is 1.46. The lowest BCUT2D eigenvalue weighted by Gasteiger charge is -2.08. The number of nitrogens with one attached hydrogen (secondary N) is 2. The quantitative estimate of drug-likeness (QED) is 0.897. The van der Waals surface area contributed by atoms with E-state index in [1.54, 1.807) is 30.5 Å². The van der Waals surface area contributed by atoms with Crippen molar-refractivity contribution < 1.29 is 4.79 Å². The molecule has 1 heterocycles. The first-order chi connectivity index (χ1) is 9.04. The van der Waals surface area contributed by atoms with Crippen LogP contribution in [0.1, 0.15) is 6.92 Å². The van der Waals surface area contributed by atoms with Gasteiger partial charge < -0.3 is 10.6 Å². The van der Waals surface area contributed by atoms with Crippen molar-refractivity contribution in [1.82, 2.24) is 4.98 Å². The second kappa shape index (κ2) is 5.91. The lowest BCUT2D eigenvalue weighted by Crippen LogP contribution is -2.07. The summed E-state index contributed by atoms with van der Waals surface area (Å²) in [5.74, 6) is 0.352. The van der Waals surface area contributed by atoms with Crippen molar-refractivity contribution in [3.8, 4) is 0 Å². The number of amides is 1. The summed E-state index contributed by atoms with van der Waals surface area (Å²) in [7, 11) is 0. The van der Waals surface area contributed by atoms with E-state index in [0.717, 1.165) is 11.4 Å². The molecular formula is C13H11Cl2N3O. The number of nitrogens with zero attached hydrogens (tertiary/aromatic N) is 1. The van der Waals surface area contributed by atoms with Gasteiger partial charge in [0.1, 0.15) is 5.82 Å². The molecule has 0 aliphatic carbocycles. The molecule has 0 bridgehead atoms. The third-order valence-corrected chi connectivity index (χ3v) is 3.01. The van der Waals surface area contributed by atoms with Crippen molar-refractivity contribution in [3.05, 3.63) is 46.6 Å². The Morgan fingerprint density at radius 1 is 1.11 bits per heavy atom. The molecule has 0 saturated heterocycles. The Bertz CT molecular complexity index is 599. The van der Waals surface area contributed by atoms with Crippen molar-refractivity contribution in [2.75, 3.05) is 10.6 Å². The van der Waals surface area contributed by atoms with Gasteiger partial charge in [0.2, 0.25) is 5.91 Å². The van der Waals surface area contributed by atoms with Crippen molar-refractivity contribution in [1.29, 1.82) is 0 Å². The Morgan fingerprint density at radius 3 is 2.42 bits per heavy atom. The molecule has 2 rings (SSSR count). The van der Waals surface area contributed by atoms with Crippen LogP contribution in [0.4, 0.5) is 17.2 Å². The van der Waals surface area contributed by atoms with E-state index in [1.807, 2.05) is 6.07 Å². The number of halogens is 2. The molecule has 0 atom stereocenters. The highest BCUT2D eigenvalue weighted by Gasteiger charge is 2.01. The van der Waals surface area contributed by atoms with E-state index < -0.39 is 0 Å². The van der Waals surface area contributed by atoms with Gasteiger partial charge in [0, 0.05) is 12.6 Å². The van der Waals surface area contributed by atoms with Crippen LogP contribution < -0.4 is 10.6 Å². The van der Waals surface area contributed by atoms with Crippen LogP contribution >= 0.6 is 23.2 Å². The Morgan fingerprint density at radius 2 is 1.84 bits per heavy atom. The minimum absolute atomic E-state index is 0.155. The summed E-state index contributed by atoms with van der Waals surface area (Å²) in [6.07, 6.45) is 1.62. The van der Waals surface area contributed by atoms with E-state index in [1.165, 1.54) is 6.92 Å². The van der Waals surface area contributed by atoms with E-state index in [4.69, 9.17) is 23.2 Å². The summed E-state index contributed by atoms with van der Waals surface area (Å²) in [4.78, 5) is 15.0. The SMILES string of the molecule is CC(=O)Nc1ccc(Nc2ccc(Cl)c(Cl)c2)cn1. The van der Waals surface area contributed by atoms with Crippen LogP contribution in [0.25, 0.3) is 0 Å². The summed E-state index contributed by atoms with van der Waals surface area (Å²) in [6, 6.07) is 8.77. The minimum atomic E-state index is -0.155. The number of anilines is 3. The highest BCUT2D eigenvalue weighted by Crippen LogP contribution is 2.26. The van der Waals surface area contributed by atoms with Crippen LogP contribution in [-0.2, 0) is 4.79 Å². The molecule has 2 N–H and O–H groups in total. The van der Waals surface area contributed by atoms with Gasteiger partial charge in [-0.15, -0.1) is 0 Å². The number of carbonyl (C=O) groups is 1. The van der Waals surface area contributed by atoms with Crippen LogP contribution in [-0.4, -0.2) is 10.9 Å². The lowest BCUT2D eigenvalue weighted by atomic mass is 10.3. The van der Waals surface area contributed by atoms with Crippen molar-refractivity contribution in [3.63, 3.8) is 0 Å². The van der Waals surface area contributed by atoms with Crippen LogP contribution in [0.2, 0.25) is 10.0 Å². The molecule has 0 aliphatic rings. The van der Waals surface area contributed by atoms with Crippen LogP contribution in [0.5, 0.6) is 0 Å². The summed E-state index contributed by atoms with van der Waals surface area (Å²) in [5, 5.41) is 6.72. The molecule has 19 heavy (non-hydrogen) atoms. The van der Waals surface area contributed by atoms with Crippen LogP contribution in [0.15, 0.2) is 36.5 Å². The zero-order valence-electron chi connectivity index (χ0n) is 10.1. The van der Waals surface area contributed by atoms with E-state index in [0.29, 0.717) is 15.9 Å². The van der Waals surface area contributed by atoms with E-state index >= 15 is 0 Å². The first kappa shape index (κ1) is 13.6. The average molecular weight is 296 g/mol. The standard InChI is InChI=1S/C13H11Cl2N3O/c1-8(19)17-13-5-3-10(7-16-13)18-9-2-4-11(14)12(15)6-9/h2-7,18H,1H3,(H,16,17,19). The monoisotopic (exact) mass is 295 g/mol. The zero-order chi connectivity index (χ0) is 13.8. The molecule has 0 unspecified atom stereocenters. The van der Waals surface area contributed by atoms with E-state index in [-0.39, 0.29) is 5.91 Å². The molecule has 0 saturated carbocycles. The molecule has 0 aliphatic heterocycles. The van der Waals surface area contributed by atoms with Crippen LogP contribution in [0.3, 0.4) is 0 Å². The molecule has 0 fully saturated rings. The maximum atomic E-state index is 10.9. The molecule has 2 aromatic rings. The average Bonchev–Trinajstić information content (AvgIpc) is 2.36. The normalized spacial score (nSPS) is 10.1. The molecule has 4 nitrogen and oxygen atoms in total. The minimum Gasteiger partial charge on any atom is -0.354 e. The first-order valence-electron chi connectivity index (χ1n) is 5.50. The maximum absolute atomic E-state index is 10.9. The number of carbonyl (C=O) groups excluding carboxylic acids is 1. The van der Waals surface area contributed by atoms with Crippen LogP contribution in [0, 0.1) is 0 Å². The predicted molar refractivity (Wildman–Crippen MR) is 78.3 cm³/mol. The van der Waals surface area contributed by atoms with Gasteiger partial charge in [0.15, 0.2) is 0 Å². The van der Waals surface area contributed by atoms with Gasteiger partial charge in [0.25, 0.3) is 0 Å². The topological polar surface area (TPSA) is 54.0 Å². The number of benzene rings is 1. The largest absolute Gasteiger partial charge is 0.354 e. The Labute approximate surface area is 120 Å². The molecule has 1 aromatic heterocycles. The third kappa shape index (κ3) is 3.84. The Balaban J connectivity index is 2.10. The second-order valence-corrected chi connectivity index (χ2v) is 4.68. The van der Waals surface area contributed by atoms with Crippen molar-refractivity contribution in [2.24, 2.45) is 0 Å². The molecular weight excluding hydrogens is 285 g/mol. The van der Waals surface area contributed by atoms with E-state index in [9.17, 15) is 4.79 Å². The number of rotatable bonds is 3. The molecule has 1 amide bonds. The fraction of sp³-hybridized carbons (Fsp3) is 0.0769. The molecule has 0 spiro atoms. The van der Waals surface area contributed by atoms with Gasteiger partial charge in [-0.2, -0.15) is 0 Å². The highest BCUT2D eigenvalue weighted by atomic mass is 35.5. The van der Waals surface area contributed by atoms with E-state index in [2.05, 4.69) is 15.6 Å². The van der Waals surface area contributed by atoms with Gasteiger partial charge in [-0.05, 0) is 30.3 Å². The fourth-order valence-corrected chi connectivity index (χ4v) is 1.76. The number of pyridine rings is 1. The summed E-state index contributed by atoms with van der Waals surface area (Å²) >= 11 is 11.8. The van der Waals surface area contributed by atoms with Gasteiger partial charge in [-0.3, -0.25) is 4.79 Å². The molecule has 6 heteroatoms. The summed E-state index contributed by atoms with van der Waals surface area (Å²) in [5.41, 5.74) is 1.59. The third-order valence-electron chi connectivity index (χ3n) is 2.28. The highest BCUT2D eigenvalue weighted by molar-refractivity contribution is 6.42. The number of hydrogen-bond donors (Lipinski definition) is 2. The van der Waals surface area contributed by atoms with Gasteiger partial charge in [-0.25, -0.2) is 4.98 Å². The summed E-state index contributed by atoms with van der Waals surface area (Å²) < 4.78 is 0. The van der Waals surface area contributed by atoms with Gasteiger partial charge in [0.05, 0.1) is 21.9 Å². The zero-order valence-corrected chi connectivity index (χ0v) is 11.6. The number of aromatic nitrogens is 1.